The molecular weight excluding hydrogens is 318 g/mol. The van der Waals surface area contributed by atoms with E-state index >= 15 is 0 Å². The first kappa shape index (κ1) is 18.1. The van der Waals surface area contributed by atoms with Gasteiger partial charge in [0.1, 0.15) is 0 Å². The van der Waals surface area contributed by atoms with E-state index in [0.29, 0.717) is 6.54 Å². The first-order valence-corrected chi connectivity index (χ1v) is 9.30. The van der Waals surface area contributed by atoms with Gasteiger partial charge in [0, 0.05) is 55.6 Å². The minimum Gasteiger partial charge on any atom is -0.381 e. The number of carbonyl (C=O) groups excluding carboxylic acids is 1. The molecule has 1 aliphatic heterocycles. The van der Waals surface area contributed by atoms with Gasteiger partial charge < -0.3 is 20.1 Å². The lowest BCUT2D eigenvalue weighted by Crippen LogP contribution is -2.67. The molecular formula is C19H29N3O3. The lowest BCUT2D eigenvalue weighted by Gasteiger charge is -2.57. The minimum absolute atomic E-state index is 0.0453. The lowest BCUT2D eigenvalue weighted by atomic mass is 9.57. The highest BCUT2D eigenvalue weighted by Gasteiger charge is 2.56. The quantitative estimate of drug-likeness (QED) is 0.827. The number of pyridine rings is 1. The molecule has 1 saturated carbocycles. The zero-order valence-electron chi connectivity index (χ0n) is 15.2. The molecule has 0 bridgehead atoms. The van der Waals surface area contributed by atoms with Gasteiger partial charge in [0.2, 0.25) is 0 Å². The Morgan fingerprint density at radius 2 is 2.20 bits per heavy atom. The number of nitrogens with one attached hydrogen (secondary N) is 2. The molecule has 2 fully saturated rings. The van der Waals surface area contributed by atoms with Crippen LogP contribution < -0.4 is 10.6 Å². The molecule has 6 heteroatoms. The topological polar surface area (TPSA) is 72.5 Å². The number of aromatic nitrogens is 1. The van der Waals surface area contributed by atoms with Crippen LogP contribution >= 0.6 is 0 Å². The van der Waals surface area contributed by atoms with Crippen molar-refractivity contribution < 1.29 is 14.3 Å². The van der Waals surface area contributed by atoms with Gasteiger partial charge >= 0.3 is 6.03 Å². The molecule has 1 aromatic heterocycles. The van der Waals surface area contributed by atoms with Crippen LogP contribution in [0.4, 0.5) is 4.79 Å². The number of urea groups is 1. The van der Waals surface area contributed by atoms with Gasteiger partial charge in [0.25, 0.3) is 0 Å². The van der Waals surface area contributed by atoms with Crippen LogP contribution in [0.1, 0.15) is 37.6 Å². The SMILES string of the molecule is CCO[C@H]1C[C@H](NC(=O)NCCc2cccc(C)n2)C12CCOCC2. The molecule has 1 aromatic rings. The highest BCUT2D eigenvalue weighted by molar-refractivity contribution is 5.74. The summed E-state index contributed by atoms with van der Waals surface area (Å²) in [6.45, 7) is 6.81. The van der Waals surface area contributed by atoms with Crippen molar-refractivity contribution in [2.75, 3.05) is 26.4 Å². The molecule has 1 aliphatic carbocycles. The van der Waals surface area contributed by atoms with Crippen molar-refractivity contribution in [3.8, 4) is 0 Å². The third-order valence-corrected chi connectivity index (χ3v) is 5.49. The number of hydrogen-bond donors (Lipinski definition) is 2. The van der Waals surface area contributed by atoms with Crippen LogP contribution in [0.15, 0.2) is 18.2 Å². The summed E-state index contributed by atoms with van der Waals surface area (Å²) < 4.78 is 11.4. The Bertz CT molecular complexity index is 587. The van der Waals surface area contributed by atoms with Gasteiger partial charge in [-0.3, -0.25) is 4.98 Å². The van der Waals surface area contributed by atoms with Gasteiger partial charge in [0.15, 0.2) is 0 Å². The van der Waals surface area contributed by atoms with E-state index in [1.807, 2.05) is 32.0 Å². The van der Waals surface area contributed by atoms with E-state index in [-0.39, 0.29) is 23.6 Å². The Labute approximate surface area is 149 Å². The minimum atomic E-state index is -0.0986. The van der Waals surface area contributed by atoms with E-state index in [0.717, 1.165) is 56.9 Å². The summed E-state index contributed by atoms with van der Waals surface area (Å²) in [5, 5.41) is 6.11. The Hall–Kier alpha value is -1.66. The molecule has 3 rings (SSSR count). The lowest BCUT2D eigenvalue weighted by molar-refractivity contribution is -0.169. The number of rotatable bonds is 6. The Morgan fingerprint density at radius 3 is 2.92 bits per heavy atom. The van der Waals surface area contributed by atoms with Crippen LogP contribution in [0.2, 0.25) is 0 Å². The van der Waals surface area contributed by atoms with Crippen LogP contribution in [0, 0.1) is 12.3 Å². The Morgan fingerprint density at radius 1 is 1.40 bits per heavy atom. The van der Waals surface area contributed by atoms with E-state index in [1.54, 1.807) is 0 Å². The normalized spacial score (nSPS) is 24.6. The molecule has 0 radical (unpaired) electrons. The number of amides is 2. The average Bonchev–Trinajstić information content (AvgIpc) is 2.62. The second-order valence-electron chi connectivity index (χ2n) is 7.00. The monoisotopic (exact) mass is 347 g/mol. The fraction of sp³-hybridized carbons (Fsp3) is 0.684. The van der Waals surface area contributed by atoms with Gasteiger partial charge in [-0.1, -0.05) is 6.07 Å². The second kappa shape index (κ2) is 8.15. The largest absolute Gasteiger partial charge is 0.381 e. The first-order chi connectivity index (χ1) is 12.1. The maximum atomic E-state index is 12.3. The van der Waals surface area contributed by atoms with E-state index in [1.165, 1.54) is 0 Å². The Balaban J connectivity index is 1.47. The third-order valence-electron chi connectivity index (χ3n) is 5.49. The highest BCUT2D eigenvalue weighted by atomic mass is 16.5. The molecule has 25 heavy (non-hydrogen) atoms. The molecule has 2 aliphatic rings. The maximum Gasteiger partial charge on any atom is 0.315 e. The molecule has 2 heterocycles. The van der Waals surface area contributed by atoms with E-state index in [2.05, 4.69) is 15.6 Å². The predicted molar refractivity (Wildman–Crippen MR) is 95.5 cm³/mol. The number of carbonyl (C=O) groups is 1. The van der Waals surface area contributed by atoms with Crippen molar-refractivity contribution in [3.63, 3.8) is 0 Å². The van der Waals surface area contributed by atoms with Gasteiger partial charge in [0.05, 0.1) is 6.10 Å². The van der Waals surface area contributed by atoms with Crippen molar-refractivity contribution in [1.29, 1.82) is 0 Å². The number of nitrogens with zero attached hydrogens (tertiary/aromatic N) is 1. The van der Waals surface area contributed by atoms with Gasteiger partial charge in [-0.15, -0.1) is 0 Å². The average molecular weight is 347 g/mol. The maximum absolute atomic E-state index is 12.3. The summed E-state index contributed by atoms with van der Waals surface area (Å²) in [7, 11) is 0. The Kier molecular flexibility index (Phi) is 5.91. The second-order valence-corrected chi connectivity index (χ2v) is 7.00. The van der Waals surface area contributed by atoms with Crippen molar-refractivity contribution in [1.82, 2.24) is 15.6 Å². The summed E-state index contributed by atoms with van der Waals surface area (Å²) in [6.07, 6.45) is 3.77. The number of ether oxygens (including phenoxy) is 2. The molecule has 2 N–H and O–H groups in total. The standard InChI is InChI=1S/C19H29N3O3/c1-3-25-17-13-16(19(17)8-11-24-12-9-19)22-18(23)20-10-7-15-6-4-5-14(2)21-15/h4-6,16-17H,3,7-13H2,1-2H3,(H2,20,22,23)/t16-,17-/m0/s1. The summed E-state index contributed by atoms with van der Waals surface area (Å²) in [4.78, 5) is 16.7. The third kappa shape index (κ3) is 4.12. The zero-order chi connectivity index (χ0) is 17.7. The summed E-state index contributed by atoms with van der Waals surface area (Å²) in [5.41, 5.74) is 2.05. The number of aryl methyl sites for hydroxylation is 1. The van der Waals surface area contributed by atoms with Crippen LogP contribution in [0.3, 0.4) is 0 Å². The summed E-state index contributed by atoms with van der Waals surface area (Å²) in [6, 6.07) is 6.03. The van der Waals surface area contributed by atoms with Crippen LogP contribution in [-0.4, -0.2) is 49.5 Å². The number of hydrogen-bond acceptors (Lipinski definition) is 4. The van der Waals surface area contributed by atoms with Crippen LogP contribution in [-0.2, 0) is 15.9 Å². The van der Waals surface area contributed by atoms with Crippen molar-refractivity contribution >= 4 is 6.03 Å². The van der Waals surface area contributed by atoms with E-state index in [4.69, 9.17) is 9.47 Å². The molecule has 2 amide bonds. The van der Waals surface area contributed by atoms with Crippen molar-refractivity contribution in [2.45, 2.75) is 51.7 Å². The molecule has 138 valence electrons. The van der Waals surface area contributed by atoms with E-state index < -0.39 is 0 Å². The van der Waals surface area contributed by atoms with Gasteiger partial charge in [-0.2, -0.15) is 0 Å². The predicted octanol–water partition coefficient (Wildman–Crippen LogP) is 2.21. The molecule has 0 unspecified atom stereocenters. The van der Waals surface area contributed by atoms with E-state index in [9.17, 15) is 4.79 Å². The first-order valence-electron chi connectivity index (χ1n) is 9.30. The smallest absolute Gasteiger partial charge is 0.315 e. The van der Waals surface area contributed by atoms with Crippen LogP contribution in [0.25, 0.3) is 0 Å². The van der Waals surface area contributed by atoms with Crippen molar-refractivity contribution in [3.05, 3.63) is 29.6 Å². The zero-order valence-corrected chi connectivity index (χ0v) is 15.2. The molecule has 0 aromatic carbocycles. The molecule has 1 spiro atoms. The summed E-state index contributed by atoms with van der Waals surface area (Å²) in [5.74, 6) is 0. The summed E-state index contributed by atoms with van der Waals surface area (Å²) >= 11 is 0. The van der Waals surface area contributed by atoms with Gasteiger partial charge in [-0.25, -0.2) is 4.79 Å². The molecule has 1 saturated heterocycles. The van der Waals surface area contributed by atoms with Crippen molar-refractivity contribution in [2.24, 2.45) is 5.41 Å². The highest BCUT2D eigenvalue weighted by Crippen LogP contribution is 2.50. The molecule has 2 atom stereocenters. The fourth-order valence-corrected chi connectivity index (χ4v) is 4.06. The van der Waals surface area contributed by atoms with Crippen LogP contribution in [0.5, 0.6) is 0 Å². The van der Waals surface area contributed by atoms with Gasteiger partial charge in [-0.05, 0) is 45.2 Å². The molecule has 6 nitrogen and oxygen atoms in total. The fourth-order valence-electron chi connectivity index (χ4n) is 4.06.